The number of hydrogen-bond acceptors (Lipinski definition) is 4. The highest BCUT2D eigenvalue weighted by atomic mass is 16.4. The number of amides is 1. The molecule has 0 aromatic heterocycles. The molecule has 2 unspecified atom stereocenters. The number of rotatable bonds is 5. The number of nitrogens with zero attached hydrogens (tertiary/aromatic N) is 1. The number of carboxylic acid groups (broad SMARTS) is 1. The topological polar surface area (TPSA) is 89.9 Å². The zero-order valence-electron chi connectivity index (χ0n) is 10.2. The number of aliphatic hydroxyl groups is 1. The van der Waals surface area contributed by atoms with Crippen molar-refractivity contribution in [1.29, 1.82) is 0 Å². The Kier molecular flexibility index (Phi) is 4.89. The van der Waals surface area contributed by atoms with Crippen LogP contribution < -0.4 is 5.32 Å². The summed E-state index contributed by atoms with van der Waals surface area (Å²) in [6, 6.07) is -0.584. The number of nitrogens with one attached hydrogen (secondary N) is 1. The summed E-state index contributed by atoms with van der Waals surface area (Å²) in [5.74, 6) is -1.27. The lowest BCUT2D eigenvalue weighted by atomic mass is 10.2. The van der Waals surface area contributed by atoms with E-state index >= 15 is 0 Å². The predicted octanol–water partition coefficient (Wildman–Crippen LogP) is -0.579. The van der Waals surface area contributed by atoms with Gasteiger partial charge < -0.3 is 20.4 Å². The van der Waals surface area contributed by atoms with E-state index in [2.05, 4.69) is 5.32 Å². The highest BCUT2D eigenvalue weighted by molar-refractivity contribution is 5.84. The molecule has 1 heterocycles. The molecule has 1 amide bonds. The summed E-state index contributed by atoms with van der Waals surface area (Å²) in [5, 5.41) is 21.4. The van der Waals surface area contributed by atoms with E-state index in [4.69, 9.17) is 5.11 Å². The van der Waals surface area contributed by atoms with E-state index in [1.54, 1.807) is 0 Å². The van der Waals surface area contributed by atoms with Crippen molar-refractivity contribution in [2.75, 3.05) is 13.1 Å². The Hall–Kier alpha value is -1.14. The second-order valence-electron chi connectivity index (χ2n) is 4.65. The van der Waals surface area contributed by atoms with Crippen LogP contribution in [0.2, 0.25) is 0 Å². The molecule has 3 N–H and O–H groups in total. The minimum absolute atomic E-state index is 0.122. The number of carbonyl (C=O) groups excluding carboxylic acids is 1. The molecule has 0 bridgehead atoms. The smallest absolute Gasteiger partial charge is 0.326 e. The maximum atomic E-state index is 11.8. The van der Waals surface area contributed by atoms with Crippen molar-refractivity contribution < 1.29 is 19.8 Å². The molecule has 6 heteroatoms. The third-order valence-electron chi connectivity index (χ3n) is 2.78. The van der Waals surface area contributed by atoms with Gasteiger partial charge in [-0.25, -0.2) is 4.79 Å². The molecule has 6 nitrogen and oxygen atoms in total. The summed E-state index contributed by atoms with van der Waals surface area (Å²) in [5.41, 5.74) is 0. The van der Waals surface area contributed by atoms with Gasteiger partial charge in [-0.05, 0) is 0 Å². The maximum Gasteiger partial charge on any atom is 0.326 e. The summed E-state index contributed by atoms with van der Waals surface area (Å²) in [6.45, 7) is 4.60. The lowest BCUT2D eigenvalue weighted by Crippen LogP contribution is -2.41. The number of hydrogen-bond donors (Lipinski definition) is 3. The standard InChI is InChI=1S/C11H20N2O4/c1-7(2)12-4-3-10(15)13-6-8(14)5-9(13)11(16)17/h7-9,12,14H,3-6H2,1-2H3,(H,16,17). The molecule has 0 spiro atoms. The van der Waals surface area contributed by atoms with Crippen LogP contribution in [0.15, 0.2) is 0 Å². The number of β-amino-alcohol motifs (C(OH)–C–C–N with tert-alkyl or cyclic N) is 1. The van der Waals surface area contributed by atoms with E-state index in [1.165, 1.54) is 4.90 Å². The van der Waals surface area contributed by atoms with Crippen molar-refractivity contribution in [3.63, 3.8) is 0 Å². The summed E-state index contributed by atoms with van der Waals surface area (Å²) >= 11 is 0. The average Bonchev–Trinajstić information content (AvgIpc) is 2.59. The quantitative estimate of drug-likeness (QED) is 0.602. The van der Waals surface area contributed by atoms with Gasteiger partial charge in [0.1, 0.15) is 6.04 Å². The zero-order chi connectivity index (χ0) is 13.0. The van der Waals surface area contributed by atoms with E-state index in [0.29, 0.717) is 12.6 Å². The van der Waals surface area contributed by atoms with Gasteiger partial charge in [-0.3, -0.25) is 4.79 Å². The Morgan fingerprint density at radius 1 is 1.47 bits per heavy atom. The molecule has 0 radical (unpaired) electrons. The second-order valence-corrected chi connectivity index (χ2v) is 4.65. The summed E-state index contributed by atoms with van der Waals surface area (Å²) in [4.78, 5) is 24.0. The Labute approximate surface area is 101 Å². The minimum Gasteiger partial charge on any atom is -0.480 e. The van der Waals surface area contributed by atoms with Crippen molar-refractivity contribution >= 4 is 11.9 Å². The largest absolute Gasteiger partial charge is 0.480 e. The molecule has 98 valence electrons. The molecule has 0 aliphatic carbocycles. The molecule has 0 saturated carbocycles. The van der Waals surface area contributed by atoms with Crippen LogP contribution in [0.25, 0.3) is 0 Å². The average molecular weight is 244 g/mol. The highest BCUT2D eigenvalue weighted by Gasteiger charge is 2.38. The van der Waals surface area contributed by atoms with Crippen LogP contribution in [0.4, 0.5) is 0 Å². The Bertz CT molecular complexity index is 293. The number of aliphatic carboxylic acids is 1. The summed E-state index contributed by atoms with van der Waals surface area (Å²) in [7, 11) is 0. The van der Waals surface area contributed by atoms with E-state index < -0.39 is 18.1 Å². The van der Waals surface area contributed by atoms with Gasteiger partial charge in [0.2, 0.25) is 5.91 Å². The first-order valence-electron chi connectivity index (χ1n) is 5.85. The van der Waals surface area contributed by atoms with Crippen LogP contribution >= 0.6 is 0 Å². The van der Waals surface area contributed by atoms with Crippen molar-refractivity contribution in [3.8, 4) is 0 Å². The molecular formula is C11H20N2O4. The van der Waals surface area contributed by atoms with E-state index in [0.717, 1.165) is 0 Å². The van der Waals surface area contributed by atoms with Gasteiger partial charge >= 0.3 is 5.97 Å². The molecule has 1 fully saturated rings. The first-order chi connectivity index (χ1) is 7.91. The van der Waals surface area contributed by atoms with Crippen LogP contribution in [0.1, 0.15) is 26.7 Å². The van der Waals surface area contributed by atoms with Gasteiger partial charge in [-0.15, -0.1) is 0 Å². The van der Waals surface area contributed by atoms with Crippen LogP contribution in [0.3, 0.4) is 0 Å². The Morgan fingerprint density at radius 2 is 2.12 bits per heavy atom. The fourth-order valence-corrected chi connectivity index (χ4v) is 1.93. The van der Waals surface area contributed by atoms with Crippen molar-refractivity contribution in [1.82, 2.24) is 10.2 Å². The number of likely N-dealkylation sites (tertiary alicyclic amines) is 1. The van der Waals surface area contributed by atoms with Gasteiger partial charge in [-0.1, -0.05) is 13.8 Å². The van der Waals surface area contributed by atoms with E-state index in [-0.39, 0.29) is 25.3 Å². The van der Waals surface area contributed by atoms with Gasteiger partial charge in [0, 0.05) is 32.0 Å². The number of aliphatic hydroxyl groups excluding tert-OH is 1. The van der Waals surface area contributed by atoms with Crippen LogP contribution in [-0.4, -0.2) is 58.3 Å². The number of carbonyl (C=O) groups is 2. The molecule has 17 heavy (non-hydrogen) atoms. The molecular weight excluding hydrogens is 224 g/mol. The van der Waals surface area contributed by atoms with Gasteiger partial charge in [0.15, 0.2) is 0 Å². The van der Waals surface area contributed by atoms with Crippen LogP contribution in [0, 0.1) is 0 Å². The van der Waals surface area contributed by atoms with Crippen LogP contribution in [0.5, 0.6) is 0 Å². The van der Waals surface area contributed by atoms with E-state index in [9.17, 15) is 14.7 Å². The molecule has 1 aliphatic heterocycles. The fourth-order valence-electron chi connectivity index (χ4n) is 1.93. The van der Waals surface area contributed by atoms with Crippen LogP contribution in [-0.2, 0) is 9.59 Å². The third-order valence-corrected chi connectivity index (χ3v) is 2.78. The minimum atomic E-state index is -1.05. The second kappa shape index (κ2) is 5.97. The molecule has 0 aromatic rings. The first-order valence-corrected chi connectivity index (χ1v) is 5.85. The highest BCUT2D eigenvalue weighted by Crippen LogP contribution is 2.18. The SMILES string of the molecule is CC(C)NCCC(=O)N1CC(O)CC1C(=O)O. The molecule has 1 aliphatic rings. The van der Waals surface area contributed by atoms with Crippen molar-refractivity contribution in [2.45, 2.75) is 44.9 Å². The van der Waals surface area contributed by atoms with Gasteiger partial charge in [0.05, 0.1) is 6.10 Å². The Balaban J connectivity index is 2.47. The molecule has 2 atom stereocenters. The molecule has 1 saturated heterocycles. The lowest BCUT2D eigenvalue weighted by Gasteiger charge is -2.21. The van der Waals surface area contributed by atoms with Crippen molar-refractivity contribution in [2.24, 2.45) is 0 Å². The monoisotopic (exact) mass is 244 g/mol. The summed E-state index contributed by atoms with van der Waals surface area (Å²) < 4.78 is 0. The molecule has 1 rings (SSSR count). The zero-order valence-corrected chi connectivity index (χ0v) is 10.2. The fraction of sp³-hybridized carbons (Fsp3) is 0.818. The lowest BCUT2D eigenvalue weighted by molar-refractivity contribution is -0.148. The third kappa shape index (κ3) is 3.98. The summed E-state index contributed by atoms with van der Waals surface area (Å²) in [6.07, 6.45) is -0.342. The first kappa shape index (κ1) is 13.9. The van der Waals surface area contributed by atoms with E-state index in [1.807, 2.05) is 13.8 Å². The Morgan fingerprint density at radius 3 is 2.65 bits per heavy atom. The normalized spacial score (nSPS) is 24.4. The maximum absolute atomic E-state index is 11.8. The van der Waals surface area contributed by atoms with Crippen molar-refractivity contribution in [3.05, 3.63) is 0 Å². The number of carboxylic acids is 1. The molecule has 0 aromatic carbocycles. The van der Waals surface area contributed by atoms with Gasteiger partial charge in [0.25, 0.3) is 0 Å². The van der Waals surface area contributed by atoms with Gasteiger partial charge in [-0.2, -0.15) is 0 Å². The predicted molar refractivity (Wildman–Crippen MR) is 61.5 cm³/mol.